The molecular weight excluding hydrogens is 208 g/mol. The van der Waals surface area contributed by atoms with Gasteiger partial charge in [0.25, 0.3) is 0 Å². The molecule has 0 unspecified atom stereocenters. The van der Waals surface area contributed by atoms with E-state index in [-0.39, 0.29) is 6.03 Å². The van der Waals surface area contributed by atoms with Crippen molar-refractivity contribution < 1.29 is 14.7 Å². The molecule has 1 aliphatic rings. The largest absolute Gasteiger partial charge is 0.478 e. The number of carboxylic acids is 1. The molecule has 1 aliphatic heterocycles. The second-order valence-corrected chi connectivity index (χ2v) is 4.20. The van der Waals surface area contributed by atoms with Gasteiger partial charge in [-0.25, -0.2) is 9.59 Å². The maximum absolute atomic E-state index is 11.6. The molecule has 0 saturated carbocycles. The number of hydrogen-bond donors (Lipinski definition) is 1. The third-order valence-corrected chi connectivity index (χ3v) is 2.87. The lowest BCUT2D eigenvalue weighted by molar-refractivity contribution is -0.132. The van der Waals surface area contributed by atoms with Crippen LogP contribution in [0.25, 0.3) is 0 Å². The summed E-state index contributed by atoms with van der Waals surface area (Å²) >= 11 is 0. The smallest absolute Gasteiger partial charge is 0.331 e. The van der Waals surface area contributed by atoms with Gasteiger partial charge in [-0.1, -0.05) is 5.57 Å². The molecule has 0 radical (unpaired) electrons. The maximum atomic E-state index is 11.6. The van der Waals surface area contributed by atoms with Crippen LogP contribution in [-0.2, 0) is 4.79 Å². The van der Waals surface area contributed by atoms with Gasteiger partial charge in [0.1, 0.15) is 0 Å². The fraction of sp³-hybridized carbons (Fsp3) is 0.636. The Morgan fingerprint density at radius 1 is 1.25 bits per heavy atom. The first-order chi connectivity index (χ1) is 7.43. The molecule has 1 heterocycles. The van der Waals surface area contributed by atoms with Crippen LogP contribution >= 0.6 is 0 Å². The number of piperidine rings is 1. The molecule has 0 aromatic carbocycles. The molecule has 0 aromatic heterocycles. The zero-order chi connectivity index (χ0) is 12.3. The van der Waals surface area contributed by atoms with Crippen molar-refractivity contribution in [2.75, 3.05) is 27.2 Å². The average Bonchev–Trinajstić information content (AvgIpc) is 2.27. The Morgan fingerprint density at radius 2 is 1.75 bits per heavy atom. The Bertz CT molecular complexity index is 324. The SMILES string of the molecule is CC(C(=O)O)=C1CCN(C(=O)N(C)C)CC1. The van der Waals surface area contributed by atoms with Gasteiger partial charge in [-0.2, -0.15) is 0 Å². The Morgan fingerprint density at radius 3 is 2.12 bits per heavy atom. The fourth-order valence-corrected chi connectivity index (χ4v) is 1.78. The summed E-state index contributed by atoms with van der Waals surface area (Å²) in [5.74, 6) is -0.859. The van der Waals surface area contributed by atoms with Crippen molar-refractivity contribution in [2.24, 2.45) is 0 Å². The Hall–Kier alpha value is -1.52. The molecule has 0 aromatic rings. The van der Waals surface area contributed by atoms with E-state index in [9.17, 15) is 9.59 Å². The summed E-state index contributed by atoms with van der Waals surface area (Å²) in [7, 11) is 3.44. The van der Waals surface area contributed by atoms with Gasteiger partial charge >= 0.3 is 12.0 Å². The van der Waals surface area contributed by atoms with E-state index < -0.39 is 5.97 Å². The summed E-state index contributed by atoms with van der Waals surface area (Å²) in [6.07, 6.45) is 1.33. The van der Waals surface area contributed by atoms with E-state index in [0.717, 1.165) is 5.57 Å². The number of aliphatic carboxylic acids is 1. The van der Waals surface area contributed by atoms with Crippen LogP contribution < -0.4 is 0 Å². The topological polar surface area (TPSA) is 60.9 Å². The minimum Gasteiger partial charge on any atom is -0.478 e. The van der Waals surface area contributed by atoms with Crippen molar-refractivity contribution in [1.82, 2.24) is 9.80 Å². The lowest BCUT2D eigenvalue weighted by Gasteiger charge is -2.31. The molecule has 16 heavy (non-hydrogen) atoms. The summed E-state index contributed by atoms with van der Waals surface area (Å²) in [5.41, 5.74) is 1.38. The monoisotopic (exact) mass is 226 g/mol. The molecule has 0 bridgehead atoms. The first kappa shape index (κ1) is 12.5. The van der Waals surface area contributed by atoms with Crippen LogP contribution in [0.15, 0.2) is 11.1 Å². The highest BCUT2D eigenvalue weighted by Gasteiger charge is 2.22. The van der Waals surface area contributed by atoms with Crippen LogP contribution in [0.4, 0.5) is 4.79 Å². The number of amides is 2. The molecule has 0 aliphatic carbocycles. The third-order valence-electron chi connectivity index (χ3n) is 2.87. The van der Waals surface area contributed by atoms with Crippen molar-refractivity contribution in [2.45, 2.75) is 19.8 Å². The number of carbonyl (C=O) groups is 2. The highest BCUT2D eigenvalue weighted by atomic mass is 16.4. The number of urea groups is 1. The zero-order valence-electron chi connectivity index (χ0n) is 9.99. The first-order valence-electron chi connectivity index (χ1n) is 5.31. The average molecular weight is 226 g/mol. The van der Waals surface area contributed by atoms with E-state index >= 15 is 0 Å². The number of carboxylic acid groups (broad SMARTS) is 1. The molecule has 1 N–H and O–H groups in total. The van der Waals surface area contributed by atoms with Gasteiger partial charge in [-0.05, 0) is 19.8 Å². The standard InChI is InChI=1S/C11H18N2O3/c1-8(10(14)15)9-4-6-13(7-5-9)11(16)12(2)3/h4-7H2,1-3H3,(H,14,15). The number of nitrogens with zero attached hydrogens (tertiary/aromatic N) is 2. The van der Waals surface area contributed by atoms with Gasteiger partial charge in [-0.3, -0.25) is 0 Å². The molecule has 1 saturated heterocycles. The van der Waals surface area contributed by atoms with Gasteiger partial charge in [0, 0.05) is 32.8 Å². The minimum atomic E-state index is -0.859. The zero-order valence-corrected chi connectivity index (χ0v) is 9.99. The Kier molecular flexibility index (Phi) is 3.93. The number of hydrogen-bond acceptors (Lipinski definition) is 2. The lowest BCUT2D eigenvalue weighted by atomic mass is 9.99. The van der Waals surface area contributed by atoms with Crippen molar-refractivity contribution in [3.8, 4) is 0 Å². The molecule has 2 amide bonds. The van der Waals surface area contributed by atoms with E-state index in [1.807, 2.05) is 0 Å². The fourth-order valence-electron chi connectivity index (χ4n) is 1.78. The van der Waals surface area contributed by atoms with Gasteiger partial charge in [0.2, 0.25) is 0 Å². The van der Waals surface area contributed by atoms with Crippen LogP contribution in [0.2, 0.25) is 0 Å². The van der Waals surface area contributed by atoms with E-state index in [0.29, 0.717) is 31.5 Å². The Balaban J connectivity index is 2.62. The number of rotatable bonds is 1. The highest BCUT2D eigenvalue weighted by Crippen LogP contribution is 2.20. The molecule has 5 heteroatoms. The minimum absolute atomic E-state index is 0.00738. The van der Waals surface area contributed by atoms with Gasteiger partial charge in [0.05, 0.1) is 0 Å². The normalized spacial score (nSPS) is 15.9. The van der Waals surface area contributed by atoms with Crippen LogP contribution in [0, 0.1) is 0 Å². The molecular formula is C11H18N2O3. The van der Waals surface area contributed by atoms with Gasteiger partial charge in [-0.15, -0.1) is 0 Å². The van der Waals surface area contributed by atoms with Gasteiger partial charge in [0.15, 0.2) is 0 Å². The Labute approximate surface area is 95.3 Å². The lowest BCUT2D eigenvalue weighted by Crippen LogP contribution is -2.42. The van der Waals surface area contributed by atoms with Crippen LogP contribution in [-0.4, -0.2) is 54.1 Å². The maximum Gasteiger partial charge on any atom is 0.331 e. The van der Waals surface area contributed by atoms with E-state index in [1.165, 1.54) is 0 Å². The van der Waals surface area contributed by atoms with Crippen LogP contribution in [0.3, 0.4) is 0 Å². The van der Waals surface area contributed by atoms with E-state index in [4.69, 9.17) is 5.11 Å². The number of carbonyl (C=O) groups excluding carboxylic acids is 1. The van der Waals surface area contributed by atoms with Crippen LogP contribution in [0.5, 0.6) is 0 Å². The molecule has 1 fully saturated rings. The van der Waals surface area contributed by atoms with Crippen molar-refractivity contribution >= 4 is 12.0 Å². The molecule has 5 nitrogen and oxygen atoms in total. The summed E-state index contributed by atoms with van der Waals surface area (Å²) in [4.78, 5) is 25.7. The quantitative estimate of drug-likeness (QED) is 0.683. The summed E-state index contributed by atoms with van der Waals surface area (Å²) in [5, 5.41) is 8.85. The first-order valence-corrected chi connectivity index (χ1v) is 5.31. The van der Waals surface area contributed by atoms with E-state index in [2.05, 4.69) is 0 Å². The van der Waals surface area contributed by atoms with Crippen molar-refractivity contribution in [3.63, 3.8) is 0 Å². The molecule has 0 spiro atoms. The predicted octanol–water partition coefficient (Wildman–Crippen LogP) is 1.16. The summed E-state index contributed by atoms with van der Waals surface area (Å²) in [6.45, 7) is 2.84. The summed E-state index contributed by atoms with van der Waals surface area (Å²) < 4.78 is 0. The van der Waals surface area contributed by atoms with Crippen molar-refractivity contribution in [3.05, 3.63) is 11.1 Å². The van der Waals surface area contributed by atoms with Gasteiger partial charge < -0.3 is 14.9 Å². The second-order valence-electron chi connectivity index (χ2n) is 4.20. The highest BCUT2D eigenvalue weighted by molar-refractivity contribution is 5.87. The molecule has 1 rings (SSSR count). The second kappa shape index (κ2) is 5.01. The summed E-state index contributed by atoms with van der Waals surface area (Å²) in [6, 6.07) is -0.00738. The van der Waals surface area contributed by atoms with Crippen LogP contribution in [0.1, 0.15) is 19.8 Å². The third kappa shape index (κ3) is 2.74. The molecule has 0 atom stereocenters. The van der Waals surface area contributed by atoms with E-state index in [1.54, 1.807) is 30.8 Å². The number of likely N-dealkylation sites (tertiary alicyclic amines) is 1. The predicted molar refractivity (Wildman–Crippen MR) is 60.2 cm³/mol. The van der Waals surface area contributed by atoms with Crippen molar-refractivity contribution in [1.29, 1.82) is 0 Å². The molecule has 90 valence electrons.